The van der Waals surface area contributed by atoms with Gasteiger partial charge in [-0.05, 0) is 43.8 Å². The first-order valence-electron chi connectivity index (χ1n) is 7.92. The number of hydrogen-bond acceptors (Lipinski definition) is 3. The minimum absolute atomic E-state index is 0.00381. The van der Waals surface area contributed by atoms with Crippen molar-refractivity contribution >= 4 is 17.7 Å². The number of hydrogen-bond donors (Lipinski definition) is 1. The Morgan fingerprint density at radius 1 is 1.12 bits per heavy atom. The first-order chi connectivity index (χ1) is 11.5. The fourth-order valence-electron chi connectivity index (χ4n) is 2.25. The zero-order valence-electron chi connectivity index (χ0n) is 14.1. The predicted molar refractivity (Wildman–Crippen MR) is 97.6 cm³/mol. The summed E-state index contributed by atoms with van der Waals surface area (Å²) in [5.74, 6) is 0.602. The van der Waals surface area contributed by atoms with Gasteiger partial charge in [-0.3, -0.25) is 9.69 Å². The summed E-state index contributed by atoms with van der Waals surface area (Å²) in [4.78, 5) is 15.1. The average Bonchev–Trinajstić information content (AvgIpc) is 2.55. The molecular formula is C19H23FN2OS. The Morgan fingerprint density at radius 2 is 1.79 bits per heavy atom. The standard InChI is InChI=1S/C19H23FN2OS/c1-15-3-9-18(10-4-15)24-12-11-21-19(23)14-22(2)13-16-5-7-17(20)8-6-16/h3-10H,11-14H2,1-2H3,(H,21,23). The van der Waals surface area contributed by atoms with Gasteiger partial charge in [0.25, 0.3) is 0 Å². The van der Waals surface area contributed by atoms with Gasteiger partial charge in [0, 0.05) is 23.7 Å². The van der Waals surface area contributed by atoms with E-state index in [-0.39, 0.29) is 11.7 Å². The number of halogens is 1. The molecule has 2 aromatic carbocycles. The van der Waals surface area contributed by atoms with Crippen molar-refractivity contribution < 1.29 is 9.18 Å². The Labute approximate surface area is 147 Å². The molecule has 0 spiro atoms. The second kappa shape index (κ2) is 9.45. The molecule has 0 fully saturated rings. The lowest BCUT2D eigenvalue weighted by molar-refractivity contribution is -0.121. The Kier molecular flexibility index (Phi) is 7.28. The Hall–Kier alpha value is -1.85. The Morgan fingerprint density at radius 3 is 2.46 bits per heavy atom. The number of thioether (sulfide) groups is 1. The fourth-order valence-corrected chi connectivity index (χ4v) is 3.02. The molecule has 0 heterocycles. The van der Waals surface area contributed by atoms with Gasteiger partial charge in [0.2, 0.25) is 5.91 Å². The molecule has 0 saturated carbocycles. The van der Waals surface area contributed by atoms with Crippen LogP contribution < -0.4 is 5.32 Å². The maximum atomic E-state index is 12.9. The quantitative estimate of drug-likeness (QED) is 0.587. The van der Waals surface area contributed by atoms with E-state index in [4.69, 9.17) is 0 Å². The van der Waals surface area contributed by atoms with Crippen molar-refractivity contribution in [3.05, 3.63) is 65.5 Å². The molecule has 1 N–H and O–H groups in total. The van der Waals surface area contributed by atoms with Crippen molar-refractivity contribution in [2.45, 2.75) is 18.4 Å². The summed E-state index contributed by atoms with van der Waals surface area (Å²) in [6.07, 6.45) is 0. The Bertz CT molecular complexity index is 643. The summed E-state index contributed by atoms with van der Waals surface area (Å²) < 4.78 is 12.9. The molecule has 3 nitrogen and oxygen atoms in total. The van der Waals surface area contributed by atoms with Gasteiger partial charge in [-0.2, -0.15) is 0 Å². The van der Waals surface area contributed by atoms with Gasteiger partial charge in [0.15, 0.2) is 0 Å². The molecule has 0 atom stereocenters. The van der Waals surface area contributed by atoms with E-state index in [1.54, 1.807) is 23.9 Å². The molecule has 0 aliphatic carbocycles. The van der Waals surface area contributed by atoms with Crippen molar-refractivity contribution in [2.24, 2.45) is 0 Å². The van der Waals surface area contributed by atoms with E-state index in [1.165, 1.54) is 22.6 Å². The lowest BCUT2D eigenvalue weighted by Gasteiger charge is -2.16. The zero-order valence-corrected chi connectivity index (χ0v) is 14.9. The van der Waals surface area contributed by atoms with E-state index in [0.29, 0.717) is 19.6 Å². The van der Waals surface area contributed by atoms with Gasteiger partial charge < -0.3 is 5.32 Å². The van der Waals surface area contributed by atoms with E-state index < -0.39 is 0 Å². The molecule has 128 valence electrons. The number of amides is 1. The van der Waals surface area contributed by atoms with Crippen molar-refractivity contribution in [1.29, 1.82) is 0 Å². The molecule has 2 rings (SSSR count). The lowest BCUT2D eigenvalue weighted by atomic mass is 10.2. The van der Waals surface area contributed by atoms with Crippen LogP contribution in [0.5, 0.6) is 0 Å². The van der Waals surface area contributed by atoms with Crippen LogP contribution in [0.25, 0.3) is 0 Å². The van der Waals surface area contributed by atoms with E-state index >= 15 is 0 Å². The number of rotatable bonds is 8. The van der Waals surface area contributed by atoms with Gasteiger partial charge in [-0.1, -0.05) is 29.8 Å². The summed E-state index contributed by atoms with van der Waals surface area (Å²) in [6, 6.07) is 14.7. The van der Waals surface area contributed by atoms with E-state index in [1.807, 2.05) is 11.9 Å². The average molecular weight is 346 g/mol. The molecule has 0 aliphatic heterocycles. The maximum Gasteiger partial charge on any atom is 0.234 e. The highest BCUT2D eigenvalue weighted by Crippen LogP contribution is 2.17. The van der Waals surface area contributed by atoms with E-state index in [2.05, 4.69) is 36.5 Å². The first kappa shape index (κ1) is 18.5. The zero-order chi connectivity index (χ0) is 17.4. The van der Waals surface area contributed by atoms with Crippen LogP contribution in [0, 0.1) is 12.7 Å². The summed E-state index contributed by atoms with van der Waals surface area (Å²) >= 11 is 1.73. The van der Waals surface area contributed by atoms with Crippen LogP contribution in [0.1, 0.15) is 11.1 Å². The van der Waals surface area contributed by atoms with Crippen LogP contribution in [0.3, 0.4) is 0 Å². The molecule has 1 amide bonds. The highest BCUT2D eigenvalue weighted by Gasteiger charge is 2.07. The molecule has 0 radical (unpaired) electrons. The van der Waals surface area contributed by atoms with Crippen LogP contribution in [0.2, 0.25) is 0 Å². The SMILES string of the molecule is Cc1ccc(SCCNC(=O)CN(C)Cc2ccc(F)cc2)cc1. The number of nitrogens with zero attached hydrogens (tertiary/aromatic N) is 1. The summed E-state index contributed by atoms with van der Waals surface area (Å²) in [6.45, 7) is 3.65. The number of carbonyl (C=O) groups excluding carboxylic acids is 1. The van der Waals surface area contributed by atoms with Crippen LogP contribution in [0.4, 0.5) is 4.39 Å². The molecule has 0 aromatic heterocycles. The van der Waals surface area contributed by atoms with Gasteiger partial charge >= 0.3 is 0 Å². The summed E-state index contributed by atoms with van der Waals surface area (Å²) in [5, 5.41) is 2.93. The van der Waals surface area contributed by atoms with Crippen LogP contribution in [-0.4, -0.2) is 36.7 Å². The van der Waals surface area contributed by atoms with Crippen molar-refractivity contribution in [3.63, 3.8) is 0 Å². The van der Waals surface area contributed by atoms with Crippen LogP contribution in [-0.2, 0) is 11.3 Å². The predicted octanol–water partition coefficient (Wildman–Crippen LogP) is 3.47. The van der Waals surface area contributed by atoms with E-state index in [9.17, 15) is 9.18 Å². The molecule has 2 aromatic rings. The number of carbonyl (C=O) groups is 1. The normalized spacial score (nSPS) is 10.8. The highest BCUT2D eigenvalue weighted by atomic mass is 32.2. The minimum Gasteiger partial charge on any atom is -0.354 e. The third-order valence-electron chi connectivity index (χ3n) is 3.49. The van der Waals surface area contributed by atoms with Crippen LogP contribution >= 0.6 is 11.8 Å². The van der Waals surface area contributed by atoms with Gasteiger partial charge in [0.05, 0.1) is 6.54 Å². The smallest absolute Gasteiger partial charge is 0.234 e. The van der Waals surface area contributed by atoms with Crippen molar-refractivity contribution in [1.82, 2.24) is 10.2 Å². The van der Waals surface area contributed by atoms with Gasteiger partial charge in [0.1, 0.15) is 5.82 Å². The van der Waals surface area contributed by atoms with Crippen LogP contribution in [0.15, 0.2) is 53.4 Å². The molecule has 0 unspecified atom stereocenters. The molecular weight excluding hydrogens is 323 g/mol. The topological polar surface area (TPSA) is 32.3 Å². The maximum absolute atomic E-state index is 12.9. The summed E-state index contributed by atoms with van der Waals surface area (Å²) in [7, 11) is 1.88. The molecule has 5 heteroatoms. The second-order valence-corrected chi connectivity index (χ2v) is 6.98. The third-order valence-corrected chi connectivity index (χ3v) is 4.51. The fraction of sp³-hybridized carbons (Fsp3) is 0.316. The highest BCUT2D eigenvalue weighted by molar-refractivity contribution is 7.99. The Balaban J connectivity index is 1.63. The largest absolute Gasteiger partial charge is 0.354 e. The van der Waals surface area contributed by atoms with Gasteiger partial charge in [-0.25, -0.2) is 4.39 Å². The number of benzene rings is 2. The van der Waals surface area contributed by atoms with Gasteiger partial charge in [-0.15, -0.1) is 11.8 Å². The molecule has 0 bridgehead atoms. The summed E-state index contributed by atoms with van der Waals surface area (Å²) in [5.41, 5.74) is 2.23. The monoisotopic (exact) mass is 346 g/mol. The van der Waals surface area contributed by atoms with Crippen molar-refractivity contribution in [2.75, 3.05) is 25.9 Å². The molecule has 24 heavy (non-hydrogen) atoms. The molecule has 0 aliphatic rings. The lowest BCUT2D eigenvalue weighted by Crippen LogP contribution is -2.35. The first-order valence-corrected chi connectivity index (χ1v) is 8.90. The van der Waals surface area contributed by atoms with E-state index in [0.717, 1.165) is 11.3 Å². The van der Waals surface area contributed by atoms with Crippen molar-refractivity contribution in [3.8, 4) is 0 Å². The number of likely N-dealkylation sites (N-methyl/N-ethyl adjacent to an activating group) is 1. The minimum atomic E-state index is -0.245. The molecule has 0 saturated heterocycles. The third kappa shape index (κ3) is 6.72. The number of aryl methyl sites for hydroxylation is 1. The second-order valence-electron chi connectivity index (χ2n) is 5.81. The number of nitrogens with one attached hydrogen (secondary N) is 1.